The van der Waals surface area contributed by atoms with E-state index in [1.165, 1.54) is 15.5 Å². The van der Waals surface area contributed by atoms with E-state index in [0.29, 0.717) is 22.4 Å². The van der Waals surface area contributed by atoms with Gasteiger partial charge in [-0.3, -0.25) is 0 Å². The normalized spacial score (nSPS) is 16.2. The molecule has 0 aliphatic carbocycles. The number of benzene rings is 1. The Hall–Kier alpha value is -3.71. The largest absolute Gasteiger partial charge is 0.465 e. The number of aromatic nitrogens is 3. The van der Waals surface area contributed by atoms with Crippen molar-refractivity contribution in [1.82, 2.24) is 19.4 Å². The maximum atomic E-state index is 14.5. The van der Waals surface area contributed by atoms with Crippen LogP contribution in [0.1, 0.15) is 23.6 Å². The molecule has 0 spiro atoms. The summed E-state index contributed by atoms with van der Waals surface area (Å²) in [5.41, 5.74) is 1.71. The Labute approximate surface area is 193 Å². The second-order valence-electron chi connectivity index (χ2n) is 8.03. The minimum absolute atomic E-state index is 0.125. The van der Waals surface area contributed by atoms with E-state index in [4.69, 9.17) is 11.6 Å². The second-order valence-corrected chi connectivity index (χ2v) is 8.39. The predicted molar refractivity (Wildman–Crippen MR) is 121 cm³/mol. The molecular weight excluding hydrogens is 451 g/mol. The number of carboxylic acid groups (broad SMARTS) is 1. The Balaban J connectivity index is 1.98. The number of piperazine rings is 1. The number of hydrogen-bond donors (Lipinski definition) is 1. The van der Waals surface area contributed by atoms with Crippen LogP contribution >= 0.6 is 11.6 Å². The maximum Gasteiger partial charge on any atom is 0.407 e. The Morgan fingerprint density at radius 2 is 1.91 bits per heavy atom. The van der Waals surface area contributed by atoms with Gasteiger partial charge in [0.2, 0.25) is 0 Å². The molecule has 0 radical (unpaired) electrons. The summed E-state index contributed by atoms with van der Waals surface area (Å²) in [6.07, 6.45) is -1.03. The van der Waals surface area contributed by atoms with Gasteiger partial charge in [-0.25, -0.2) is 23.5 Å². The zero-order chi connectivity index (χ0) is 24.0. The van der Waals surface area contributed by atoms with Gasteiger partial charge in [0, 0.05) is 25.7 Å². The Morgan fingerprint density at radius 1 is 1.24 bits per heavy atom. The molecule has 11 heteroatoms. The molecule has 2 aromatic heterocycles. The third kappa shape index (κ3) is 3.85. The molecule has 33 heavy (non-hydrogen) atoms. The topological polar surface area (TPSA) is 115 Å². The van der Waals surface area contributed by atoms with Crippen molar-refractivity contribution < 1.29 is 14.3 Å². The number of amides is 1. The molecule has 0 bridgehead atoms. The molecule has 1 amide bonds. The number of aryl methyl sites for hydroxylation is 2. The van der Waals surface area contributed by atoms with Crippen LogP contribution in [0.3, 0.4) is 0 Å². The van der Waals surface area contributed by atoms with Crippen molar-refractivity contribution in [2.75, 3.05) is 24.5 Å². The minimum Gasteiger partial charge on any atom is -0.465 e. The molecule has 4 rings (SSSR count). The Morgan fingerprint density at radius 3 is 2.48 bits per heavy atom. The van der Waals surface area contributed by atoms with Crippen LogP contribution in [0.5, 0.6) is 0 Å². The van der Waals surface area contributed by atoms with Crippen LogP contribution in [0.15, 0.2) is 23.0 Å². The van der Waals surface area contributed by atoms with Gasteiger partial charge in [0.15, 0.2) is 16.6 Å². The van der Waals surface area contributed by atoms with E-state index in [-0.39, 0.29) is 47.7 Å². The lowest BCUT2D eigenvalue weighted by Gasteiger charge is -2.39. The number of halogens is 2. The number of carbonyl (C=O) groups is 1. The van der Waals surface area contributed by atoms with E-state index >= 15 is 0 Å². The highest BCUT2D eigenvalue weighted by Gasteiger charge is 2.30. The number of hydrogen-bond acceptors (Lipinski definition) is 6. The summed E-state index contributed by atoms with van der Waals surface area (Å²) in [5, 5.41) is 18.4. The Kier molecular flexibility index (Phi) is 5.68. The summed E-state index contributed by atoms with van der Waals surface area (Å²) >= 11 is 6.00. The molecule has 1 fully saturated rings. The van der Waals surface area contributed by atoms with Crippen LogP contribution in [0.25, 0.3) is 16.7 Å². The van der Waals surface area contributed by atoms with Crippen LogP contribution < -0.4 is 10.6 Å². The molecule has 1 aliphatic rings. The first-order valence-corrected chi connectivity index (χ1v) is 10.5. The van der Waals surface area contributed by atoms with E-state index in [1.807, 2.05) is 6.92 Å². The maximum absolute atomic E-state index is 14.5. The average Bonchev–Trinajstić information content (AvgIpc) is 2.75. The van der Waals surface area contributed by atoms with Crippen molar-refractivity contribution in [3.8, 4) is 11.8 Å². The number of nitriles is 1. The lowest BCUT2D eigenvalue weighted by atomic mass is 10.0. The summed E-state index contributed by atoms with van der Waals surface area (Å²) in [7, 11) is 0. The van der Waals surface area contributed by atoms with Gasteiger partial charge in [-0.15, -0.1) is 0 Å². The van der Waals surface area contributed by atoms with Crippen molar-refractivity contribution >= 4 is 34.5 Å². The van der Waals surface area contributed by atoms with Crippen LogP contribution in [-0.2, 0) is 0 Å². The molecular formula is C22H20ClFN6O3. The summed E-state index contributed by atoms with van der Waals surface area (Å²) in [5.74, 6) is -0.543. The van der Waals surface area contributed by atoms with E-state index in [0.717, 1.165) is 0 Å². The standard InChI is InChI=1S/C22H20ClFN6O3/c1-11-6-14(9-25)7-12(2)17(11)30-20-15(8-16(24)18(23)26-20)19(27-21(30)31)29-5-4-28(22(32)33)10-13(29)3/h6-8,13H,4-5,10H2,1-3H3,(H,32,33)/t13-/m0/s1. The quantitative estimate of drug-likeness (QED) is 0.571. The molecule has 3 heterocycles. The zero-order valence-corrected chi connectivity index (χ0v) is 18.9. The SMILES string of the molecule is Cc1cc(C#N)cc(C)c1-n1c(=O)nc(N2CCN(C(=O)O)C[C@@H]2C)c2cc(F)c(Cl)nc21. The van der Waals surface area contributed by atoms with Crippen LogP contribution in [0.2, 0.25) is 5.15 Å². The van der Waals surface area contributed by atoms with Gasteiger partial charge < -0.3 is 14.9 Å². The molecule has 3 aromatic rings. The third-order valence-electron chi connectivity index (χ3n) is 5.77. The van der Waals surface area contributed by atoms with Crippen molar-refractivity contribution in [1.29, 1.82) is 5.26 Å². The van der Waals surface area contributed by atoms with Gasteiger partial charge in [-0.1, -0.05) is 11.6 Å². The zero-order valence-electron chi connectivity index (χ0n) is 18.1. The lowest BCUT2D eigenvalue weighted by molar-refractivity contribution is 0.136. The fourth-order valence-electron chi connectivity index (χ4n) is 4.32. The van der Waals surface area contributed by atoms with Crippen molar-refractivity contribution in [3.05, 3.63) is 56.3 Å². The highest BCUT2D eigenvalue weighted by atomic mass is 35.5. The average molecular weight is 471 g/mol. The predicted octanol–water partition coefficient (Wildman–Crippen LogP) is 3.25. The summed E-state index contributed by atoms with van der Waals surface area (Å²) < 4.78 is 15.8. The first-order chi connectivity index (χ1) is 15.6. The molecule has 0 unspecified atom stereocenters. The molecule has 1 aromatic carbocycles. The van der Waals surface area contributed by atoms with Gasteiger partial charge in [0.1, 0.15) is 5.82 Å². The van der Waals surface area contributed by atoms with E-state index in [1.54, 1.807) is 30.9 Å². The molecule has 1 saturated heterocycles. The first kappa shape index (κ1) is 22.5. The molecule has 0 saturated carbocycles. The molecule has 1 N–H and O–H groups in total. The van der Waals surface area contributed by atoms with Crippen molar-refractivity contribution in [2.24, 2.45) is 0 Å². The Bertz CT molecular complexity index is 1380. The highest BCUT2D eigenvalue weighted by molar-refractivity contribution is 6.30. The number of rotatable bonds is 2. The van der Waals surface area contributed by atoms with Gasteiger partial charge in [-0.05, 0) is 50.1 Å². The molecule has 170 valence electrons. The van der Waals surface area contributed by atoms with Crippen LogP contribution in [-0.4, -0.2) is 56.3 Å². The fraction of sp³-hybridized carbons (Fsp3) is 0.318. The van der Waals surface area contributed by atoms with Gasteiger partial charge in [0.05, 0.1) is 22.7 Å². The van der Waals surface area contributed by atoms with Crippen molar-refractivity contribution in [3.63, 3.8) is 0 Å². The van der Waals surface area contributed by atoms with Gasteiger partial charge in [0.25, 0.3) is 0 Å². The van der Waals surface area contributed by atoms with Crippen LogP contribution in [0, 0.1) is 31.0 Å². The minimum atomic E-state index is -1.03. The monoisotopic (exact) mass is 470 g/mol. The fourth-order valence-corrected chi connectivity index (χ4v) is 4.46. The number of nitrogens with zero attached hydrogens (tertiary/aromatic N) is 6. The lowest BCUT2D eigenvalue weighted by Crippen LogP contribution is -2.54. The van der Waals surface area contributed by atoms with Gasteiger partial charge in [-0.2, -0.15) is 10.2 Å². The summed E-state index contributed by atoms with van der Waals surface area (Å²) in [6, 6.07) is 6.25. The molecule has 9 nitrogen and oxygen atoms in total. The van der Waals surface area contributed by atoms with E-state index in [9.17, 15) is 24.3 Å². The number of anilines is 1. The van der Waals surface area contributed by atoms with E-state index < -0.39 is 17.6 Å². The number of fused-ring (bicyclic) bond motifs is 1. The first-order valence-electron chi connectivity index (χ1n) is 10.2. The summed E-state index contributed by atoms with van der Waals surface area (Å²) in [6.45, 7) is 6.02. The smallest absolute Gasteiger partial charge is 0.407 e. The van der Waals surface area contributed by atoms with Gasteiger partial charge >= 0.3 is 11.8 Å². The third-order valence-corrected chi connectivity index (χ3v) is 6.04. The molecule has 1 atom stereocenters. The molecule has 1 aliphatic heterocycles. The van der Waals surface area contributed by atoms with Crippen LogP contribution in [0.4, 0.5) is 15.0 Å². The number of pyridine rings is 1. The second kappa shape index (κ2) is 8.33. The van der Waals surface area contributed by atoms with E-state index in [2.05, 4.69) is 16.0 Å². The highest BCUT2D eigenvalue weighted by Crippen LogP contribution is 2.31. The van der Waals surface area contributed by atoms with Crippen molar-refractivity contribution in [2.45, 2.75) is 26.8 Å². The summed E-state index contributed by atoms with van der Waals surface area (Å²) in [4.78, 5) is 36.2.